The Morgan fingerprint density at radius 1 is 1.09 bits per heavy atom. The number of oxazole rings is 1. The summed E-state index contributed by atoms with van der Waals surface area (Å²) < 4.78 is 11.9. The number of hydrogen-bond acceptors (Lipinski definition) is 5. The van der Waals surface area contributed by atoms with Crippen molar-refractivity contribution >= 4 is 12.1 Å². The zero-order valence-electron chi connectivity index (χ0n) is 18.4. The molecule has 0 radical (unpaired) electrons. The third-order valence-corrected chi connectivity index (χ3v) is 5.85. The highest BCUT2D eigenvalue weighted by atomic mass is 16.5. The molecule has 0 aliphatic carbocycles. The maximum Gasteiger partial charge on any atom is 0.407 e. The van der Waals surface area contributed by atoms with E-state index in [4.69, 9.17) is 14.3 Å². The average Bonchev–Trinajstić information content (AvgIpc) is 3.18. The van der Waals surface area contributed by atoms with Gasteiger partial charge in [0.05, 0.1) is 12.3 Å². The fourth-order valence-electron chi connectivity index (χ4n) is 4.10. The summed E-state index contributed by atoms with van der Waals surface area (Å²) >= 11 is 0. The van der Waals surface area contributed by atoms with Gasteiger partial charge in [-0.2, -0.15) is 0 Å². The fraction of sp³-hybridized carbons (Fsp3) is 0.320. The van der Waals surface area contributed by atoms with Gasteiger partial charge in [-0.3, -0.25) is 4.79 Å². The fourth-order valence-corrected chi connectivity index (χ4v) is 4.10. The van der Waals surface area contributed by atoms with E-state index in [0.29, 0.717) is 44.1 Å². The number of benzene rings is 2. The van der Waals surface area contributed by atoms with Crippen LogP contribution in [0, 0.1) is 6.92 Å². The highest BCUT2D eigenvalue weighted by Crippen LogP contribution is 2.32. The Morgan fingerprint density at radius 3 is 2.61 bits per heavy atom. The number of fused-ring (bicyclic) bond motifs is 1. The highest BCUT2D eigenvalue weighted by molar-refractivity contribution is 5.68. The van der Waals surface area contributed by atoms with Gasteiger partial charge in [-0.1, -0.05) is 24.3 Å². The smallest absolute Gasteiger partial charge is 0.407 e. The van der Waals surface area contributed by atoms with Crippen LogP contribution in [0.4, 0.5) is 4.79 Å². The molecule has 0 saturated carbocycles. The summed E-state index contributed by atoms with van der Waals surface area (Å²) in [7, 11) is 0. The number of amides is 1. The van der Waals surface area contributed by atoms with Gasteiger partial charge in [-0.05, 0) is 49.1 Å². The third-order valence-electron chi connectivity index (χ3n) is 5.85. The van der Waals surface area contributed by atoms with Gasteiger partial charge < -0.3 is 24.3 Å². The minimum absolute atomic E-state index is 0.00506. The first-order valence-corrected chi connectivity index (χ1v) is 10.9. The molecule has 0 unspecified atom stereocenters. The number of carbonyl (C=O) groups is 2. The Labute approximate surface area is 191 Å². The van der Waals surface area contributed by atoms with Crippen LogP contribution in [0.25, 0.3) is 11.5 Å². The van der Waals surface area contributed by atoms with Crippen LogP contribution in [0.5, 0.6) is 5.75 Å². The summed E-state index contributed by atoms with van der Waals surface area (Å²) in [6, 6.07) is 13.4. The lowest BCUT2D eigenvalue weighted by atomic mass is 9.92. The average molecular weight is 450 g/mol. The van der Waals surface area contributed by atoms with Gasteiger partial charge in [-0.25, -0.2) is 9.78 Å². The molecule has 2 N–H and O–H groups in total. The van der Waals surface area contributed by atoms with Crippen molar-refractivity contribution < 1.29 is 29.0 Å². The number of carboxylic acids is 1. The number of aryl methyl sites for hydroxylation is 2. The van der Waals surface area contributed by atoms with Crippen LogP contribution in [-0.2, 0) is 30.6 Å². The number of carboxylic acid groups (broad SMARTS) is 2. The second-order valence-corrected chi connectivity index (χ2v) is 8.01. The van der Waals surface area contributed by atoms with E-state index in [1.54, 1.807) is 0 Å². The molecule has 8 nitrogen and oxygen atoms in total. The Bertz CT molecular complexity index is 1160. The van der Waals surface area contributed by atoms with Crippen LogP contribution >= 0.6 is 0 Å². The van der Waals surface area contributed by atoms with Crippen molar-refractivity contribution in [2.45, 2.75) is 39.2 Å². The van der Waals surface area contributed by atoms with E-state index in [1.165, 1.54) is 4.90 Å². The first-order chi connectivity index (χ1) is 15.9. The summed E-state index contributed by atoms with van der Waals surface area (Å²) in [6.45, 7) is 2.89. The lowest BCUT2D eigenvalue weighted by Crippen LogP contribution is -2.35. The standard InChI is InChI=1S/C25H26N2O6/c1-16-21(26-24(33-16)18-5-3-2-4-6-18)12-14-32-22-9-7-17(8-10-23(28)29)20-15-27(25(30)31)13-11-19(20)22/h2-7,9H,8,10-15H2,1H3,(H,28,29)(H,30,31). The van der Waals surface area contributed by atoms with Gasteiger partial charge in [0.15, 0.2) is 0 Å². The van der Waals surface area contributed by atoms with Crippen LogP contribution < -0.4 is 4.74 Å². The molecule has 2 aromatic carbocycles. The van der Waals surface area contributed by atoms with Gasteiger partial charge in [0.1, 0.15) is 11.5 Å². The van der Waals surface area contributed by atoms with Crippen molar-refractivity contribution in [3.8, 4) is 17.2 Å². The maximum absolute atomic E-state index is 11.5. The van der Waals surface area contributed by atoms with Crippen LogP contribution in [0.2, 0.25) is 0 Å². The van der Waals surface area contributed by atoms with Gasteiger partial charge >= 0.3 is 12.1 Å². The molecule has 172 valence electrons. The molecule has 0 bridgehead atoms. The number of hydrogen-bond donors (Lipinski definition) is 2. The van der Waals surface area contributed by atoms with Gasteiger partial charge in [0.25, 0.3) is 0 Å². The van der Waals surface area contributed by atoms with Crippen LogP contribution in [0.3, 0.4) is 0 Å². The van der Waals surface area contributed by atoms with E-state index in [2.05, 4.69) is 4.98 Å². The second-order valence-electron chi connectivity index (χ2n) is 8.01. The van der Waals surface area contributed by atoms with Gasteiger partial charge in [-0.15, -0.1) is 0 Å². The number of ether oxygens (including phenoxy) is 1. The lowest BCUT2D eigenvalue weighted by Gasteiger charge is -2.29. The summed E-state index contributed by atoms with van der Waals surface area (Å²) in [6.07, 6.45) is 0.463. The van der Waals surface area contributed by atoms with E-state index < -0.39 is 12.1 Å². The van der Waals surface area contributed by atoms with E-state index in [0.717, 1.165) is 33.7 Å². The Morgan fingerprint density at radius 2 is 1.88 bits per heavy atom. The first-order valence-electron chi connectivity index (χ1n) is 10.9. The molecular formula is C25H26N2O6. The first kappa shape index (κ1) is 22.4. The van der Waals surface area contributed by atoms with E-state index >= 15 is 0 Å². The minimum Gasteiger partial charge on any atom is -0.493 e. The number of aliphatic carboxylic acids is 1. The summed E-state index contributed by atoms with van der Waals surface area (Å²) in [5.74, 6) is 1.16. The van der Waals surface area contributed by atoms with E-state index in [9.17, 15) is 14.7 Å². The molecule has 33 heavy (non-hydrogen) atoms. The molecule has 0 spiro atoms. The van der Waals surface area contributed by atoms with Crippen LogP contribution in [0.15, 0.2) is 46.9 Å². The molecule has 8 heteroatoms. The third kappa shape index (κ3) is 5.16. The number of nitrogens with zero attached hydrogens (tertiary/aromatic N) is 2. The maximum atomic E-state index is 11.5. The monoisotopic (exact) mass is 450 g/mol. The predicted molar refractivity (Wildman–Crippen MR) is 120 cm³/mol. The van der Waals surface area contributed by atoms with Crippen molar-refractivity contribution in [1.82, 2.24) is 9.88 Å². The van der Waals surface area contributed by atoms with Crippen molar-refractivity contribution in [2.75, 3.05) is 13.2 Å². The van der Waals surface area contributed by atoms with Crippen molar-refractivity contribution in [1.29, 1.82) is 0 Å². The highest BCUT2D eigenvalue weighted by Gasteiger charge is 2.25. The minimum atomic E-state index is -0.980. The zero-order valence-corrected chi connectivity index (χ0v) is 18.4. The van der Waals surface area contributed by atoms with Crippen LogP contribution in [0.1, 0.15) is 34.6 Å². The molecule has 1 aliphatic rings. The molecular weight excluding hydrogens is 424 g/mol. The largest absolute Gasteiger partial charge is 0.493 e. The molecule has 3 aromatic rings. The molecule has 1 aliphatic heterocycles. The van der Waals surface area contributed by atoms with Crippen molar-refractivity contribution in [3.63, 3.8) is 0 Å². The topological polar surface area (TPSA) is 113 Å². The SMILES string of the molecule is Cc1oc(-c2ccccc2)nc1CCOc1ccc(CCC(=O)O)c2c1CCN(C(=O)O)C2. The second kappa shape index (κ2) is 9.77. The van der Waals surface area contributed by atoms with Crippen LogP contribution in [-0.4, -0.2) is 45.3 Å². The number of aromatic nitrogens is 1. The van der Waals surface area contributed by atoms with Crippen molar-refractivity contribution in [2.24, 2.45) is 0 Å². The van der Waals surface area contributed by atoms with E-state index in [-0.39, 0.29) is 13.0 Å². The predicted octanol–water partition coefficient (Wildman–Crippen LogP) is 4.32. The molecule has 4 rings (SSSR count). The molecule has 2 heterocycles. The van der Waals surface area contributed by atoms with Gasteiger partial charge in [0.2, 0.25) is 5.89 Å². The molecule has 0 saturated heterocycles. The summed E-state index contributed by atoms with van der Waals surface area (Å²) in [5.41, 5.74) is 4.41. The zero-order chi connectivity index (χ0) is 23.4. The van der Waals surface area contributed by atoms with Gasteiger partial charge in [0, 0.05) is 37.1 Å². The quantitative estimate of drug-likeness (QED) is 0.525. The molecule has 0 atom stereocenters. The normalized spacial score (nSPS) is 12.9. The molecule has 1 amide bonds. The Hall–Kier alpha value is -3.81. The summed E-state index contributed by atoms with van der Waals surface area (Å²) in [4.78, 5) is 28.5. The summed E-state index contributed by atoms with van der Waals surface area (Å²) in [5, 5.41) is 18.5. The van der Waals surface area contributed by atoms with E-state index in [1.807, 2.05) is 49.4 Å². The Kier molecular flexibility index (Phi) is 6.63. The van der Waals surface area contributed by atoms with Crippen molar-refractivity contribution in [3.05, 3.63) is 70.6 Å². The molecule has 1 aromatic heterocycles. The number of rotatable bonds is 8. The molecule has 0 fully saturated rings. The Balaban J connectivity index is 1.48. The lowest BCUT2D eigenvalue weighted by molar-refractivity contribution is -0.136.